The van der Waals surface area contributed by atoms with Crippen molar-refractivity contribution >= 4 is 47.0 Å². The van der Waals surface area contributed by atoms with Gasteiger partial charge in [-0.2, -0.15) is 5.10 Å². The maximum atomic E-state index is 12.1. The van der Waals surface area contributed by atoms with Crippen LogP contribution in [0.15, 0.2) is 62.3 Å². The highest BCUT2D eigenvalue weighted by Crippen LogP contribution is 2.30. The predicted molar refractivity (Wildman–Crippen MR) is 139 cm³/mol. The normalized spacial score (nSPS) is 11.1. The zero-order valence-corrected chi connectivity index (χ0v) is 21.3. The predicted octanol–water partition coefficient (Wildman–Crippen LogP) is 5.95. The Morgan fingerprint density at radius 2 is 1.79 bits per heavy atom. The van der Waals surface area contributed by atoms with E-state index in [1.807, 2.05) is 24.3 Å². The third kappa shape index (κ3) is 9.57. The standard InChI is InChI=1S/C24H28N4O2S3/c1-3-4-5-14-30-21-12-10-19(11-13-21)15-25-26-22(29)17-32-24-28-27-23(33-24)31-16-20-8-6-18(2)7-9-20/h6-13,15H,3-5,14,16-17H2,1-2H3,(H,26,29)/b25-15+. The van der Waals surface area contributed by atoms with Gasteiger partial charge >= 0.3 is 0 Å². The van der Waals surface area contributed by atoms with Gasteiger partial charge in [-0.15, -0.1) is 10.2 Å². The molecule has 0 atom stereocenters. The van der Waals surface area contributed by atoms with Crippen LogP contribution in [-0.2, 0) is 10.5 Å². The molecular formula is C24H28N4O2S3. The summed E-state index contributed by atoms with van der Waals surface area (Å²) < 4.78 is 7.37. The number of hydrogen-bond donors (Lipinski definition) is 1. The van der Waals surface area contributed by atoms with Crippen LogP contribution in [0.3, 0.4) is 0 Å². The summed E-state index contributed by atoms with van der Waals surface area (Å²) in [4.78, 5) is 12.1. The van der Waals surface area contributed by atoms with Gasteiger partial charge in [-0.05, 0) is 48.7 Å². The molecule has 0 saturated carbocycles. The van der Waals surface area contributed by atoms with Crippen LogP contribution in [0.5, 0.6) is 5.75 Å². The molecule has 1 aromatic heterocycles. The fourth-order valence-corrected chi connectivity index (χ4v) is 5.44. The number of aromatic nitrogens is 2. The van der Waals surface area contributed by atoms with Crippen LogP contribution >= 0.6 is 34.9 Å². The van der Waals surface area contributed by atoms with Crippen molar-refractivity contribution in [1.29, 1.82) is 0 Å². The van der Waals surface area contributed by atoms with Gasteiger partial charge < -0.3 is 4.74 Å². The Labute approximate surface area is 207 Å². The number of aryl methyl sites for hydroxylation is 1. The zero-order valence-electron chi connectivity index (χ0n) is 18.8. The van der Waals surface area contributed by atoms with Crippen LogP contribution < -0.4 is 10.2 Å². The largest absolute Gasteiger partial charge is 0.494 e. The lowest BCUT2D eigenvalue weighted by Gasteiger charge is -2.05. The molecule has 33 heavy (non-hydrogen) atoms. The van der Waals surface area contributed by atoms with Gasteiger partial charge in [-0.1, -0.05) is 84.5 Å². The van der Waals surface area contributed by atoms with Gasteiger partial charge in [-0.3, -0.25) is 4.79 Å². The number of carbonyl (C=O) groups excluding carboxylic acids is 1. The molecule has 0 aliphatic carbocycles. The fourth-order valence-electron chi connectivity index (χ4n) is 2.67. The van der Waals surface area contributed by atoms with Gasteiger partial charge in [0.2, 0.25) is 0 Å². The first-order valence-electron chi connectivity index (χ1n) is 10.8. The molecule has 0 bridgehead atoms. The number of unbranched alkanes of at least 4 members (excludes halogenated alkanes) is 2. The van der Waals surface area contributed by atoms with Crippen LogP contribution in [0.1, 0.15) is 42.9 Å². The van der Waals surface area contributed by atoms with Crippen molar-refractivity contribution in [3.8, 4) is 5.75 Å². The quantitative estimate of drug-likeness (QED) is 0.135. The molecule has 3 aromatic rings. The number of hydrazone groups is 1. The first-order valence-corrected chi connectivity index (χ1v) is 13.6. The van der Waals surface area contributed by atoms with Gasteiger partial charge in [0, 0.05) is 5.75 Å². The summed E-state index contributed by atoms with van der Waals surface area (Å²) in [6.07, 6.45) is 5.04. The Morgan fingerprint density at radius 3 is 2.52 bits per heavy atom. The van der Waals surface area contributed by atoms with Gasteiger partial charge in [0.1, 0.15) is 5.75 Å². The molecule has 174 valence electrons. The molecule has 3 rings (SSSR count). The Hall–Kier alpha value is -2.36. The molecule has 0 aliphatic heterocycles. The number of nitrogens with one attached hydrogen (secondary N) is 1. The summed E-state index contributed by atoms with van der Waals surface area (Å²) in [5, 5.41) is 12.4. The average molecular weight is 501 g/mol. The lowest BCUT2D eigenvalue weighted by molar-refractivity contribution is -0.118. The minimum absolute atomic E-state index is 0.184. The van der Waals surface area contributed by atoms with E-state index < -0.39 is 0 Å². The van der Waals surface area contributed by atoms with E-state index in [0.29, 0.717) is 0 Å². The van der Waals surface area contributed by atoms with Gasteiger partial charge in [0.05, 0.1) is 18.6 Å². The van der Waals surface area contributed by atoms with Crippen LogP contribution in [0, 0.1) is 6.92 Å². The number of carbonyl (C=O) groups is 1. The summed E-state index contributed by atoms with van der Waals surface area (Å²) in [7, 11) is 0. The summed E-state index contributed by atoms with van der Waals surface area (Å²) in [6.45, 7) is 4.98. The number of amides is 1. The smallest absolute Gasteiger partial charge is 0.250 e. The number of nitrogens with zero attached hydrogens (tertiary/aromatic N) is 3. The molecule has 2 aromatic carbocycles. The molecule has 0 fully saturated rings. The minimum atomic E-state index is -0.184. The number of benzene rings is 2. The summed E-state index contributed by atoms with van der Waals surface area (Å²) in [5.41, 5.74) is 5.95. The van der Waals surface area contributed by atoms with E-state index in [1.165, 1.54) is 47.1 Å². The Morgan fingerprint density at radius 1 is 1.06 bits per heavy atom. The number of thioether (sulfide) groups is 2. The fraction of sp³-hybridized carbons (Fsp3) is 0.333. The minimum Gasteiger partial charge on any atom is -0.494 e. The molecule has 0 radical (unpaired) electrons. The van der Waals surface area contributed by atoms with E-state index in [9.17, 15) is 4.79 Å². The van der Waals surface area contributed by atoms with Crippen molar-refractivity contribution in [3.63, 3.8) is 0 Å². The number of ether oxygens (including phenoxy) is 1. The lowest BCUT2D eigenvalue weighted by atomic mass is 10.2. The Bertz CT molecular complexity index is 1020. The van der Waals surface area contributed by atoms with Crippen molar-refractivity contribution < 1.29 is 9.53 Å². The van der Waals surface area contributed by atoms with E-state index in [-0.39, 0.29) is 11.7 Å². The molecule has 0 aliphatic rings. The van der Waals surface area contributed by atoms with Crippen molar-refractivity contribution in [2.75, 3.05) is 12.4 Å². The highest BCUT2D eigenvalue weighted by Gasteiger charge is 2.08. The Kier molecular flexibility index (Phi) is 10.7. The lowest BCUT2D eigenvalue weighted by Crippen LogP contribution is -2.19. The highest BCUT2D eigenvalue weighted by atomic mass is 32.2. The number of hydrogen-bond acceptors (Lipinski definition) is 8. The third-order valence-electron chi connectivity index (χ3n) is 4.50. The molecule has 6 nitrogen and oxygen atoms in total. The summed E-state index contributed by atoms with van der Waals surface area (Å²) in [5.74, 6) is 1.74. The van der Waals surface area contributed by atoms with E-state index in [1.54, 1.807) is 18.0 Å². The van der Waals surface area contributed by atoms with Crippen molar-refractivity contribution in [2.24, 2.45) is 5.10 Å². The maximum absolute atomic E-state index is 12.1. The molecule has 1 N–H and O–H groups in total. The van der Waals surface area contributed by atoms with Gasteiger partial charge in [0.25, 0.3) is 5.91 Å². The molecular weight excluding hydrogens is 472 g/mol. The second kappa shape index (κ2) is 14.0. The third-order valence-corrected chi connectivity index (χ3v) is 7.76. The van der Waals surface area contributed by atoms with E-state index in [0.717, 1.165) is 38.8 Å². The molecule has 0 unspecified atom stereocenters. The summed E-state index contributed by atoms with van der Waals surface area (Å²) >= 11 is 4.51. The van der Waals surface area contributed by atoms with Crippen LogP contribution in [0.25, 0.3) is 0 Å². The van der Waals surface area contributed by atoms with Gasteiger partial charge in [0.15, 0.2) is 8.68 Å². The average Bonchev–Trinajstić information content (AvgIpc) is 3.29. The van der Waals surface area contributed by atoms with E-state index in [2.05, 4.69) is 58.8 Å². The first kappa shape index (κ1) is 25.3. The topological polar surface area (TPSA) is 76.5 Å². The van der Waals surface area contributed by atoms with Crippen molar-refractivity contribution in [1.82, 2.24) is 15.6 Å². The molecule has 0 saturated heterocycles. The monoisotopic (exact) mass is 500 g/mol. The van der Waals surface area contributed by atoms with Crippen LogP contribution in [0.2, 0.25) is 0 Å². The van der Waals surface area contributed by atoms with Crippen LogP contribution in [-0.4, -0.2) is 34.7 Å². The first-order chi connectivity index (χ1) is 16.1. The SMILES string of the molecule is CCCCCOc1ccc(/C=N/NC(=O)CSc2nnc(SCc3ccc(C)cc3)s2)cc1. The van der Waals surface area contributed by atoms with Crippen LogP contribution in [0.4, 0.5) is 0 Å². The molecule has 1 heterocycles. The van der Waals surface area contributed by atoms with E-state index in [4.69, 9.17) is 4.74 Å². The zero-order chi connectivity index (χ0) is 23.3. The Balaban J connectivity index is 1.34. The van der Waals surface area contributed by atoms with Crippen molar-refractivity contribution in [3.05, 3.63) is 65.2 Å². The second-order valence-corrected chi connectivity index (χ2v) is 10.7. The molecule has 1 amide bonds. The second-order valence-electron chi connectivity index (χ2n) is 7.31. The van der Waals surface area contributed by atoms with Crippen molar-refractivity contribution in [2.45, 2.75) is 47.5 Å². The summed E-state index contributed by atoms with van der Waals surface area (Å²) in [6, 6.07) is 16.1. The number of rotatable bonds is 13. The van der Waals surface area contributed by atoms with E-state index >= 15 is 0 Å². The highest BCUT2D eigenvalue weighted by molar-refractivity contribution is 8.03. The van der Waals surface area contributed by atoms with Gasteiger partial charge in [-0.25, -0.2) is 5.43 Å². The maximum Gasteiger partial charge on any atom is 0.250 e. The molecule has 0 spiro atoms. The molecule has 9 heteroatoms.